The fourth-order valence-electron chi connectivity index (χ4n) is 4.41. The lowest BCUT2D eigenvalue weighted by atomic mass is 9.84. The number of hydrogen-bond acceptors (Lipinski definition) is 7. The van der Waals surface area contributed by atoms with Crippen LogP contribution in [-0.4, -0.2) is 91.2 Å². The Kier molecular flexibility index (Phi) is 7.24. The summed E-state index contributed by atoms with van der Waals surface area (Å²) >= 11 is 1.98. The van der Waals surface area contributed by atoms with E-state index in [1.165, 1.54) is 12.0 Å². The summed E-state index contributed by atoms with van der Waals surface area (Å²) in [7, 11) is 1.67. The van der Waals surface area contributed by atoms with Crippen LogP contribution in [0.1, 0.15) is 24.8 Å². The third-order valence-corrected chi connectivity index (χ3v) is 7.31. The van der Waals surface area contributed by atoms with Crippen LogP contribution in [0.3, 0.4) is 0 Å². The van der Waals surface area contributed by atoms with E-state index in [9.17, 15) is 5.11 Å². The topological polar surface area (TPSA) is 54.4 Å². The summed E-state index contributed by atoms with van der Waals surface area (Å²) in [4.78, 5) is 4.80. The van der Waals surface area contributed by atoms with Gasteiger partial charge in [0.05, 0.1) is 19.3 Å². The lowest BCUT2D eigenvalue weighted by Gasteiger charge is -2.47. The van der Waals surface area contributed by atoms with Gasteiger partial charge in [-0.2, -0.15) is 11.8 Å². The summed E-state index contributed by atoms with van der Waals surface area (Å²) in [5, 5.41) is 10.3. The van der Waals surface area contributed by atoms with Gasteiger partial charge in [0.2, 0.25) is 0 Å². The first kappa shape index (κ1) is 21.2. The van der Waals surface area contributed by atoms with Crippen molar-refractivity contribution in [2.75, 3.05) is 64.6 Å². The van der Waals surface area contributed by atoms with Crippen molar-refractivity contribution in [2.45, 2.75) is 37.5 Å². The molecule has 1 atom stereocenters. The molecular weight excluding hydrogens is 388 g/mol. The maximum Gasteiger partial charge on any atom is 0.161 e. The molecule has 1 unspecified atom stereocenters. The molecule has 4 rings (SSSR count). The predicted molar refractivity (Wildman–Crippen MR) is 116 cm³/mol. The Labute approximate surface area is 178 Å². The molecule has 1 aromatic carbocycles. The molecule has 6 nitrogen and oxygen atoms in total. The normalized spacial score (nSPS) is 23.5. The van der Waals surface area contributed by atoms with E-state index in [-0.39, 0.29) is 12.2 Å². The SMILES string of the molecule is COc1cc(CN2CCC3(CCO3)CC2)ccc1OCC(O)CN1CCSCC1. The summed E-state index contributed by atoms with van der Waals surface area (Å²) in [5.41, 5.74) is 1.42. The van der Waals surface area contributed by atoms with Crippen LogP contribution >= 0.6 is 11.8 Å². The van der Waals surface area contributed by atoms with Crippen molar-refractivity contribution < 1.29 is 19.3 Å². The maximum atomic E-state index is 10.3. The van der Waals surface area contributed by atoms with Crippen LogP contribution in [0.5, 0.6) is 11.5 Å². The minimum absolute atomic E-state index is 0.194. The van der Waals surface area contributed by atoms with Crippen LogP contribution in [0.15, 0.2) is 18.2 Å². The van der Waals surface area contributed by atoms with Gasteiger partial charge in [0, 0.05) is 50.8 Å². The molecule has 3 saturated heterocycles. The van der Waals surface area contributed by atoms with Gasteiger partial charge >= 0.3 is 0 Å². The Morgan fingerprint density at radius 3 is 2.52 bits per heavy atom. The molecule has 3 heterocycles. The van der Waals surface area contributed by atoms with E-state index in [1.807, 2.05) is 17.8 Å². The molecule has 0 bridgehead atoms. The van der Waals surface area contributed by atoms with Gasteiger partial charge in [-0.3, -0.25) is 9.80 Å². The Morgan fingerprint density at radius 1 is 1.10 bits per heavy atom. The van der Waals surface area contributed by atoms with Crippen LogP contribution in [0.4, 0.5) is 0 Å². The van der Waals surface area contributed by atoms with E-state index >= 15 is 0 Å². The minimum Gasteiger partial charge on any atom is -0.493 e. The Hall–Kier alpha value is -0.990. The first-order chi connectivity index (χ1) is 14.2. The van der Waals surface area contributed by atoms with Gasteiger partial charge in [0.1, 0.15) is 12.7 Å². The average Bonchev–Trinajstić information content (AvgIpc) is 2.73. The smallest absolute Gasteiger partial charge is 0.161 e. The van der Waals surface area contributed by atoms with Crippen molar-refractivity contribution in [1.82, 2.24) is 9.80 Å². The van der Waals surface area contributed by atoms with Crippen molar-refractivity contribution in [3.63, 3.8) is 0 Å². The molecule has 0 aromatic heterocycles. The van der Waals surface area contributed by atoms with Crippen LogP contribution < -0.4 is 9.47 Å². The fourth-order valence-corrected chi connectivity index (χ4v) is 5.39. The monoisotopic (exact) mass is 422 g/mol. The second-order valence-electron chi connectivity index (χ2n) is 8.42. The highest BCUT2D eigenvalue weighted by atomic mass is 32.2. The molecule has 1 aromatic rings. The van der Waals surface area contributed by atoms with Crippen LogP contribution in [0, 0.1) is 0 Å². The number of methoxy groups -OCH3 is 1. The molecule has 1 spiro atoms. The summed E-state index contributed by atoms with van der Waals surface area (Å²) in [6.45, 7) is 7.07. The van der Waals surface area contributed by atoms with Crippen LogP contribution in [-0.2, 0) is 11.3 Å². The number of piperidine rings is 1. The molecule has 3 aliphatic rings. The van der Waals surface area contributed by atoms with Gasteiger partial charge < -0.3 is 19.3 Å². The number of aliphatic hydroxyl groups excluding tert-OH is 1. The highest BCUT2D eigenvalue weighted by Crippen LogP contribution is 2.37. The van der Waals surface area contributed by atoms with E-state index in [1.54, 1.807) is 7.11 Å². The Morgan fingerprint density at radius 2 is 1.86 bits per heavy atom. The maximum absolute atomic E-state index is 10.3. The van der Waals surface area contributed by atoms with Gasteiger partial charge in [0.25, 0.3) is 0 Å². The number of β-amino-alcohol motifs (C(OH)–C–C–N with tert-alkyl or cyclic N) is 1. The number of ether oxygens (including phenoxy) is 3. The highest BCUT2D eigenvalue weighted by molar-refractivity contribution is 7.99. The Bertz CT molecular complexity index is 654. The summed E-state index contributed by atoms with van der Waals surface area (Å²) in [6, 6.07) is 6.14. The molecule has 3 fully saturated rings. The first-order valence-corrected chi connectivity index (χ1v) is 12.0. The number of benzene rings is 1. The van der Waals surface area contributed by atoms with Crippen molar-refractivity contribution >= 4 is 11.8 Å². The van der Waals surface area contributed by atoms with Crippen molar-refractivity contribution in [2.24, 2.45) is 0 Å². The van der Waals surface area contributed by atoms with E-state index in [4.69, 9.17) is 14.2 Å². The second-order valence-corrected chi connectivity index (χ2v) is 9.65. The van der Waals surface area contributed by atoms with Crippen molar-refractivity contribution in [1.29, 1.82) is 0 Å². The standard InChI is InChI=1S/C22H34N2O4S/c1-26-21-14-18(15-23-7-4-22(5-8-23)6-11-28-22)2-3-20(21)27-17-19(25)16-24-9-12-29-13-10-24/h2-3,14,19,25H,4-13,15-17H2,1H3. The quantitative estimate of drug-likeness (QED) is 0.690. The fraction of sp³-hybridized carbons (Fsp3) is 0.727. The number of thioether (sulfide) groups is 1. The molecule has 3 aliphatic heterocycles. The van der Waals surface area contributed by atoms with Crippen LogP contribution in [0.25, 0.3) is 0 Å². The highest BCUT2D eigenvalue weighted by Gasteiger charge is 2.40. The zero-order valence-corrected chi connectivity index (χ0v) is 18.3. The van der Waals surface area contributed by atoms with E-state index in [0.29, 0.717) is 12.3 Å². The summed E-state index contributed by atoms with van der Waals surface area (Å²) in [6.07, 6.45) is 3.01. The van der Waals surface area contributed by atoms with Crippen molar-refractivity contribution in [3.05, 3.63) is 23.8 Å². The van der Waals surface area contributed by atoms with Gasteiger partial charge in [0.15, 0.2) is 11.5 Å². The molecule has 7 heteroatoms. The van der Waals surface area contributed by atoms with E-state index in [0.717, 1.165) is 69.4 Å². The number of nitrogens with zero attached hydrogens (tertiary/aromatic N) is 2. The molecule has 29 heavy (non-hydrogen) atoms. The number of hydrogen-bond donors (Lipinski definition) is 1. The van der Waals surface area contributed by atoms with Gasteiger partial charge in [-0.15, -0.1) is 0 Å². The minimum atomic E-state index is -0.489. The molecule has 1 N–H and O–H groups in total. The van der Waals surface area contributed by atoms with Crippen molar-refractivity contribution in [3.8, 4) is 11.5 Å². The summed E-state index contributed by atoms with van der Waals surface area (Å²) in [5.74, 6) is 3.73. The molecule has 0 radical (unpaired) electrons. The average molecular weight is 423 g/mol. The van der Waals surface area contributed by atoms with Gasteiger partial charge in [-0.25, -0.2) is 0 Å². The Balaban J connectivity index is 1.26. The largest absolute Gasteiger partial charge is 0.493 e. The first-order valence-electron chi connectivity index (χ1n) is 10.8. The summed E-state index contributed by atoms with van der Waals surface area (Å²) < 4.78 is 17.3. The molecular formula is C22H34N2O4S. The van der Waals surface area contributed by atoms with Gasteiger partial charge in [-0.1, -0.05) is 6.07 Å². The zero-order valence-electron chi connectivity index (χ0n) is 17.5. The number of aliphatic hydroxyl groups is 1. The number of likely N-dealkylation sites (tertiary alicyclic amines) is 1. The van der Waals surface area contributed by atoms with E-state index in [2.05, 4.69) is 21.9 Å². The second kappa shape index (κ2) is 9.88. The lowest BCUT2D eigenvalue weighted by molar-refractivity contribution is -0.173. The third kappa shape index (κ3) is 5.58. The van der Waals surface area contributed by atoms with E-state index < -0.39 is 6.10 Å². The molecule has 0 aliphatic carbocycles. The predicted octanol–water partition coefficient (Wildman–Crippen LogP) is 2.24. The lowest BCUT2D eigenvalue weighted by Crippen LogP contribution is -2.52. The molecule has 0 amide bonds. The molecule has 0 saturated carbocycles. The van der Waals surface area contributed by atoms with Crippen LogP contribution in [0.2, 0.25) is 0 Å². The molecule has 162 valence electrons. The third-order valence-electron chi connectivity index (χ3n) is 6.37. The zero-order chi connectivity index (χ0) is 20.1. The number of rotatable bonds is 8. The van der Waals surface area contributed by atoms with Gasteiger partial charge in [-0.05, 0) is 37.0 Å².